The number of sulfonamides is 1. The first-order valence-electron chi connectivity index (χ1n) is 5.43. The molecule has 0 spiro atoms. The predicted octanol–water partition coefficient (Wildman–Crippen LogP) is 4.16. The summed E-state index contributed by atoms with van der Waals surface area (Å²) in [5.74, 6) is 0. The zero-order valence-corrected chi connectivity index (χ0v) is 14.6. The average molecular weight is 452 g/mol. The minimum Gasteiger partial charge on any atom is -0.278 e. The van der Waals surface area contributed by atoms with E-state index in [1.54, 1.807) is 31.2 Å². The van der Waals surface area contributed by atoms with Gasteiger partial charge in [0.2, 0.25) is 0 Å². The van der Waals surface area contributed by atoms with E-state index in [9.17, 15) is 8.42 Å². The number of rotatable bonds is 3. The van der Waals surface area contributed by atoms with Crippen LogP contribution in [0.4, 0.5) is 5.69 Å². The summed E-state index contributed by atoms with van der Waals surface area (Å²) in [6.45, 7) is 1.78. The molecule has 6 heteroatoms. The first-order valence-corrected chi connectivity index (χ1v) is 8.79. The van der Waals surface area contributed by atoms with E-state index in [-0.39, 0.29) is 0 Å². The van der Waals surface area contributed by atoms with Gasteiger partial charge in [0, 0.05) is 8.04 Å². The maximum Gasteiger partial charge on any atom is 0.262 e. The molecule has 0 amide bonds. The second-order valence-corrected chi connectivity index (χ2v) is 7.75. The maximum absolute atomic E-state index is 12.4. The van der Waals surface area contributed by atoms with E-state index in [1.807, 2.05) is 18.2 Å². The number of aryl methyl sites for hydroxylation is 1. The lowest BCUT2D eigenvalue weighted by Crippen LogP contribution is -2.14. The number of benzene rings is 2. The molecule has 0 aliphatic rings. The molecule has 0 bridgehead atoms. The van der Waals surface area contributed by atoms with Crippen LogP contribution in [-0.4, -0.2) is 8.42 Å². The van der Waals surface area contributed by atoms with Crippen molar-refractivity contribution in [2.75, 3.05) is 4.72 Å². The van der Waals surface area contributed by atoms with Crippen LogP contribution in [0.5, 0.6) is 0 Å². The van der Waals surface area contributed by atoms with E-state index in [0.717, 1.165) is 9.13 Å². The number of halogens is 2. The molecule has 2 aromatic rings. The van der Waals surface area contributed by atoms with Gasteiger partial charge in [0.05, 0.1) is 10.6 Å². The molecular weight excluding hydrogens is 441 g/mol. The molecule has 0 aliphatic carbocycles. The van der Waals surface area contributed by atoms with Crippen LogP contribution in [0.25, 0.3) is 0 Å². The minimum absolute atomic E-state index is 0.292. The van der Waals surface area contributed by atoms with Gasteiger partial charge in [0.15, 0.2) is 0 Å². The Morgan fingerprint density at radius 2 is 1.84 bits per heavy atom. The Morgan fingerprint density at radius 1 is 1.16 bits per heavy atom. The van der Waals surface area contributed by atoms with Crippen molar-refractivity contribution < 1.29 is 8.42 Å². The zero-order valence-electron chi connectivity index (χ0n) is 10.0. The lowest BCUT2D eigenvalue weighted by Gasteiger charge is -2.11. The summed E-state index contributed by atoms with van der Waals surface area (Å²) in [6.07, 6.45) is 0. The fourth-order valence-corrected chi connectivity index (χ4v) is 3.92. The van der Waals surface area contributed by atoms with Gasteiger partial charge in [-0.1, -0.05) is 18.2 Å². The smallest absolute Gasteiger partial charge is 0.262 e. The van der Waals surface area contributed by atoms with Crippen LogP contribution >= 0.6 is 38.5 Å². The standard InChI is InChI=1S/C13H11BrINO2S/c1-9-4-2-3-5-13(9)19(17,18)16-12-8-10(15)6-7-11(12)14/h2-8,16H,1H3. The van der Waals surface area contributed by atoms with E-state index < -0.39 is 10.0 Å². The zero-order chi connectivity index (χ0) is 14.0. The molecule has 0 atom stereocenters. The van der Waals surface area contributed by atoms with Crippen LogP contribution in [0.1, 0.15) is 5.56 Å². The summed E-state index contributed by atoms with van der Waals surface area (Å²) in [5.41, 5.74) is 1.26. The lowest BCUT2D eigenvalue weighted by atomic mass is 10.2. The third kappa shape index (κ3) is 3.49. The summed E-state index contributed by atoms with van der Waals surface area (Å²) in [5, 5.41) is 0. The Hall–Kier alpha value is -0.600. The Bertz CT molecular complexity index is 716. The first kappa shape index (κ1) is 14.8. The first-order chi connectivity index (χ1) is 8.90. The van der Waals surface area contributed by atoms with Gasteiger partial charge >= 0.3 is 0 Å². The minimum atomic E-state index is -3.57. The number of anilines is 1. The lowest BCUT2D eigenvalue weighted by molar-refractivity contribution is 0.600. The van der Waals surface area contributed by atoms with Crippen molar-refractivity contribution >= 4 is 54.2 Å². The van der Waals surface area contributed by atoms with Gasteiger partial charge in [-0.2, -0.15) is 0 Å². The fraction of sp³-hybridized carbons (Fsp3) is 0.0769. The van der Waals surface area contributed by atoms with Gasteiger partial charge in [0.25, 0.3) is 10.0 Å². The van der Waals surface area contributed by atoms with E-state index in [2.05, 4.69) is 43.2 Å². The van der Waals surface area contributed by atoms with Crippen LogP contribution < -0.4 is 4.72 Å². The van der Waals surface area contributed by atoms with Gasteiger partial charge in [-0.25, -0.2) is 8.42 Å². The van der Waals surface area contributed by atoms with Crippen LogP contribution in [0, 0.1) is 10.5 Å². The summed E-state index contributed by atoms with van der Waals surface area (Å²) in [6, 6.07) is 12.4. The van der Waals surface area contributed by atoms with E-state index >= 15 is 0 Å². The maximum atomic E-state index is 12.4. The highest BCUT2D eigenvalue weighted by atomic mass is 127. The van der Waals surface area contributed by atoms with E-state index in [0.29, 0.717) is 15.1 Å². The normalized spacial score (nSPS) is 11.3. The van der Waals surface area contributed by atoms with Gasteiger partial charge in [0.1, 0.15) is 0 Å². The fourth-order valence-electron chi connectivity index (χ4n) is 1.63. The second-order valence-electron chi connectivity index (χ2n) is 4.00. The molecule has 0 radical (unpaired) electrons. The molecule has 0 aromatic heterocycles. The summed E-state index contributed by atoms with van der Waals surface area (Å²) in [7, 11) is -3.57. The molecule has 1 N–H and O–H groups in total. The Morgan fingerprint density at radius 3 is 2.53 bits per heavy atom. The van der Waals surface area contributed by atoms with Crippen molar-refractivity contribution in [1.29, 1.82) is 0 Å². The number of hydrogen-bond acceptors (Lipinski definition) is 2. The molecule has 100 valence electrons. The van der Waals surface area contributed by atoms with Crippen molar-refractivity contribution in [3.63, 3.8) is 0 Å². The molecule has 0 saturated heterocycles. The van der Waals surface area contributed by atoms with E-state index in [1.165, 1.54) is 0 Å². The number of nitrogens with one attached hydrogen (secondary N) is 1. The Labute approximate surface area is 134 Å². The third-order valence-corrected chi connectivity index (χ3v) is 5.44. The molecule has 0 unspecified atom stereocenters. The number of hydrogen-bond donors (Lipinski definition) is 1. The van der Waals surface area contributed by atoms with E-state index in [4.69, 9.17) is 0 Å². The molecule has 2 rings (SSSR count). The molecule has 0 fully saturated rings. The molecule has 0 saturated carbocycles. The Kier molecular flexibility index (Phi) is 4.52. The molecule has 0 aliphatic heterocycles. The molecule has 2 aromatic carbocycles. The molecule has 3 nitrogen and oxygen atoms in total. The quantitative estimate of drug-likeness (QED) is 0.712. The van der Waals surface area contributed by atoms with Crippen molar-refractivity contribution in [2.45, 2.75) is 11.8 Å². The monoisotopic (exact) mass is 451 g/mol. The summed E-state index contributed by atoms with van der Waals surface area (Å²) >= 11 is 5.48. The topological polar surface area (TPSA) is 46.2 Å². The Balaban J connectivity index is 2.43. The van der Waals surface area contributed by atoms with Crippen molar-refractivity contribution in [1.82, 2.24) is 0 Å². The largest absolute Gasteiger partial charge is 0.278 e. The van der Waals surface area contributed by atoms with Gasteiger partial charge in [-0.05, 0) is 75.3 Å². The summed E-state index contributed by atoms with van der Waals surface area (Å²) < 4.78 is 29.0. The SMILES string of the molecule is Cc1ccccc1S(=O)(=O)Nc1cc(I)ccc1Br. The van der Waals surface area contributed by atoms with Crippen LogP contribution in [0.3, 0.4) is 0 Å². The molecule has 19 heavy (non-hydrogen) atoms. The van der Waals surface area contributed by atoms with Crippen molar-refractivity contribution in [3.8, 4) is 0 Å². The highest BCUT2D eigenvalue weighted by molar-refractivity contribution is 14.1. The van der Waals surface area contributed by atoms with Crippen LogP contribution in [-0.2, 0) is 10.0 Å². The van der Waals surface area contributed by atoms with Gasteiger partial charge in [-0.15, -0.1) is 0 Å². The van der Waals surface area contributed by atoms with Crippen molar-refractivity contribution in [3.05, 3.63) is 56.1 Å². The third-order valence-electron chi connectivity index (χ3n) is 2.56. The van der Waals surface area contributed by atoms with Crippen LogP contribution in [0.15, 0.2) is 51.8 Å². The van der Waals surface area contributed by atoms with Gasteiger partial charge < -0.3 is 0 Å². The highest BCUT2D eigenvalue weighted by Gasteiger charge is 2.17. The molecular formula is C13H11BrINO2S. The van der Waals surface area contributed by atoms with Crippen molar-refractivity contribution in [2.24, 2.45) is 0 Å². The average Bonchev–Trinajstić information content (AvgIpc) is 2.34. The summed E-state index contributed by atoms with van der Waals surface area (Å²) in [4.78, 5) is 0.292. The molecule has 0 heterocycles. The second kappa shape index (κ2) is 5.80. The predicted molar refractivity (Wildman–Crippen MR) is 88.8 cm³/mol. The highest BCUT2D eigenvalue weighted by Crippen LogP contribution is 2.27. The van der Waals surface area contributed by atoms with Gasteiger partial charge in [-0.3, -0.25) is 4.72 Å². The van der Waals surface area contributed by atoms with Crippen LogP contribution in [0.2, 0.25) is 0 Å².